The summed E-state index contributed by atoms with van der Waals surface area (Å²) in [5.74, 6) is 2.24. The van der Waals surface area contributed by atoms with Crippen molar-refractivity contribution in [3.63, 3.8) is 0 Å². The fourth-order valence-corrected chi connectivity index (χ4v) is 5.82. The number of hydrogen-bond donors (Lipinski definition) is 0. The maximum atomic E-state index is 8.94. The molecule has 0 saturated heterocycles. The van der Waals surface area contributed by atoms with Crippen LogP contribution in [0.5, 0.6) is 0 Å². The van der Waals surface area contributed by atoms with Gasteiger partial charge < -0.3 is 8.83 Å². The molecule has 0 unspecified atom stereocenters. The summed E-state index contributed by atoms with van der Waals surface area (Å²) < 4.78 is 13.9. The zero-order chi connectivity index (χ0) is 23.7. The SMILES string of the molecule is N#CC(C#N)=Cc1ccc(-c2cc3ccc4cc(-c5ccc(C=C(C#N)C#N)o5)sc4c3s2)o1. The molecule has 0 aliphatic rings. The molecule has 0 N–H and O–H groups in total. The van der Waals surface area contributed by atoms with E-state index in [1.165, 1.54) is 12.2 Å². The van der Waals surface area contributed by atoms with Crippen LogP contribution in [-0.2, 0) is 0 Å². The van der Waals surface area contributed by atoms with Gasteiger partial charge in [0.05, 0.1) is 19.2 Å². The average molecular weight is 475 g/mol. The van der Waals surface area contributed by atoms with Gasteiger partial charge in [-0.15, -0.1) is 22.7 Å². The molecule has 5 aromatic rings. The number of benzene rings is 1. The molecule has 0 radical (unpaired) electrons. The van der Waals surface area contributed by atoms with Gasteiger partial charge in [-0.1, -0.05) is 12.1 Å². The van der Waals surface area contributed by atoms with Crippen LogP contribution in [0.4, 0.5) is 0 Å². The fourth-order valence-electron chi connectivity index (χ4n) is 3.42. The Bertz CT molecular complexity index is 1650. The molecule has 158 valence electrons. The molecule has 0 spiro atoms. The van der Waals surface area contributed by atoms with Gasteiger partial charge in [-0.2, -0.15) is 21.0 Å². The maximum Gasteiger partial charge on any atom is 0.144 e. The Morgan fingerprint density at radius 1 is 0.618 bits per heavy atom. The monoisotopic (exact) mass is 474 g/mol. The number of furan rings is 2. The largest absolute Gasteiger partial charge is 0.456 e. The van der Waals surface area contributed by atoms with E-state index < -0.39 is 0 Å². The topological polar surface area (TPSA) is 121 Å². The highest BCUT2D eigenvalue weighted by Crippen LogP contribution is 2.43. The second-order valence-corrected chi connectivity index (χ2v) is 9.20. The molecule has 5 rings (SSSR count). The molecule has 0 bridgehead atoms. The number of rotatable bonds is 4. The molecule has 4 aromatic heterocycles. The van der Waals surface area contributed by atoms with E-state index in [4.69, 9.17) is 29.9 Å². The highest BCUT2D eigenvalue weighted by Gasteiger charge is 2.15. The Hall–Kier alpha value is -4.86. The lowest BCUT2D eigenvalue weighted by atomic mass is 10.2. The third-order valence-corrected chi connectivity index (χ3v) is 7.46. The van der Waals surface area contributed by atoms with Gasteiger partial charge in [0.15, 0.2) is 0 Å². The van der Waals surface area contributed by atoms with Crippen LogP contribution < -0.4 is 0 Å². The summed E-state index contributed by atoms with van der Waals surface area (Å²) in [6.07, 6.45) is 2.84. The van der Waals surface area contributed by atoms with Crippen molar-refractivity contribution in [3.8, 4) is 45.6 Å². The lowest BCUT2D eigenvalue weighted by molar-refractivity contribution is 0.572. The van der Waals surface area contributed by atoms with Crippen molar-refractivity contribution in [3.05, 3.63) is 71.2 Å². The van der Waals surface area contributed by atoms with E-state index in [2.05, 4.69) is 24.3 Å². The lowest BCUT2D eigenvalue weighted by Crippen LogP contribution is -1.70. The Morgan fingerprint density at radius 2 is 1.03 bits per heavy atom. The number of hydrogen-bond acceptors (Lipinski definition) is 8. The van der Waals surface area contributed by atoms with E-state index in [0.29, 0.717) is 23.0 Å². The van der Waals surface area contributed by atoms with Crippen molar-refractivity contribution in [2.45, 2.75) is 0 Å². The highest BCUT2D eigenvalue weighted by molar-refractivity contribution is 7.30. The van der Waals surface area contributed by atoms with Crippen LogP contribution in [0.1, 0.15) is 11.5 Å². The Kier molecular flexibility index (Phi) is 5.30. The van der Waals surface area contributed by atoms with E-state index in [1.807, 2.05) is 36.4 Å². The average Bonchev–Trinajstić information content (AvgIpc) is 3.64. The molecule has 34 heavy (non-hydrogen) atoms. The van der Waals surface area contributed by atoms with Gasteiger partial charge in [0.1, 0.15) is 58.5 Å². The maximum absolute atomic E-state index is 8.94. The predicted octanol–water partition coefficient (Wildman–Crippen LogP) is 7.50. The quantitative estimate of drug-likeness (QED) is 0.249. The zero-order valence-corrected chi connectivity index (χ0v) is 18.8. The number of nitrogens with zero attached hydrogens (tertiary/aromatic N) is 4. The number of nitriles is 4. The number of allylic oxidation sites excluding steroid dienone is 2. The second kappa shape index (κ2) is 8.58. The Balaban J connectivity index is 1.53. The lowest BCUT2D eigenvalue weighted by Gasteiger charge is -1.91. The summed E-state index contributed by atoms with van der Waals surface area (Å²) in [5.41, 5.74) is -0.0313. The van der Waals surface area contributed by atoms with Gasteiger partial charge in [0, 0.05) is 12.2 Å². The molecular weight excluding hydrogens is 464 g/mol. The van der Waals surface area contributed by atoms with Crippen LogP contribution in [0.2, 0.25) is 0 Å². The third-order valence-electron chi connectivity index (χ3n) is 4.96. The summed E-state index contributed by atoms with van der Waals surface area (Å²) in [7, 11) is 0. The number of thiophene rings is 2. The van der Waals surface area contributed by atoms with Crippen molar-refractivity contribution in [1.29, 1.82) is 21.0 Å². The molecule has 6 nitrogen and oxygen atoms in total. The summed E-state index contributed by atoms with van der Waals surface area (Å²) in [5, 5.41) is 37.9. The minimum atomic E-state index is -0.0156. The van der Waals surface area contributed by atoms with Gasteiger partial charge in [-0.25, -0.2) is 0 Å². The van der Waals surface area contributed by atoms with E-state index in [1.54, 1.807) is 34.8 Å². The third kappa shape index (κ3) is 3.77. The van der Waals surface area contributed by atoms with E-state index >= 15 is 0 Å². The molecule has 4 heterocycles. The standard InChI is InChI=1S/C26H10N4O2S2/c27-11-15(12-28)7-19-3-5-21(31-19)23-9-17-1-2-18-10-24(34-26(18)25(17)33-23)22-6-4-20(32-22)8-16(13-29)14-30/h1-10H. The van der Waals surface area contributed by atoms with Crippen LogP contribution in [0.3, 0.4) is 0 Å². The Morgan fingerprint density at radius 3 is 1.41 bits per heavy atom. The van der Waals surface area contributed by atoms with Crippen molar-refractivity contribution in [1.82, 2.24) is 0 Å². The highest BCUT2D eigenvalue weighted by atomic mass is 32.1. The first kappa shape index (κ1) is 21.0. The molecule has 0 fully saturated rings. The van der Waals surface area contributed by atoms with Gasteiger partial charge >= 0.3 is 0 Å². The molecule has 0 saturated carbocycles. The first-order valence-corrected chi connectivity index (χ1v) is 11.5. The Labute approximate surface area is 201 Å². The van der Waals surface area contributed by atoms with Crippen LogP contribution in [-0.4, -0.2) is 0 Å². The van der Waals surface area contributed by atoms with Crippen LogP contribution in [0.25, 0.3) is 53.6 Å². The molecule has 0 aliphatic heterocycles. The van der Waals surface area contributed by atoms with Gasteiger partial charge in [-0.3, -0.25) is 0 Å². The van der Waals surface area contributed by atoms with Gasteiger partial charge in [0.25, 0.3) is 0 Å². The van der Waals surface area contributed by atoms with Crippen molar-refractivity contribution in [2.75, 3.05) is 0 Å². The fraction of sp³-hybridized carbons (Fsp3) is 0. The molecule has 1 aromatic carbocycles. The number of fused-ring (bicyclic) bond motifs is 3. The summed E-state index contributed by atoms with van der Waals surface area (Å²) >= 11 is 3.21. The summed E-state index contributed by atoms with van der Waals surface area (Å²) in [6, 6.07) is 22.7. The molecule has 0 aliphatic carbocycles. The summed E-state index contributed by atoms with van der Waals surface area (Å²) in [6.45, 7) is 0. The van der Waals surface area contributed by atoms with Crippen LogP contribution in [0.15, 0.2) is 68.5 Å². The van der Waals surface area contributed by atoms with Gasteiger partial charge in [0.2, 0.25) is 0 Å². The normalized spacial score (nSPS) is 10.2. The van der Waals surface area contributed by atoms with Gasteiger partial charge in [-0.05, 0) is 47.2 Å². The van der Waals surface area contributed by atoms with Crippen molar-refractivity contribution < 1.29 is 8.83 Å². The molecular formula is C26H10N4O2S2. The first-order valence-electron chi connectivity index (χ1n) is 9.82. The van der Waals surface area contributed by atoms with E-state index in [9.17, 15) is 0 Å². The first-order chi connectivity index (χ1) is 16.6. The molecule has 0 amide bonds. The van der Waals surface area contributed by atoms with Crippen molar-refractivity contribution >= 4 is 55.0 Å². The van der Waals surface area contributed by atoms with Crippen LogP contribution in [0, 0.1) is 45.3 Å². The smallest absolute Gasteiger partial charge is 0.144 e. The second-order valence-electron chi connectivity index (χ2n) is 7.09. The molecule has 0 atom stereocenters. The van der Waals surface area contributed by atoms with Crippen LogP contribution >= 0.6 is 22.7 Å². The summed E-state index contributed by atoms with van der Waals surface area (Å²) in [4.78, 5) is 1.89. The van der Waals surface area contributed by atoms with E-state index in [-0.39, 0.29) is 11.1 Å². The minimum Gasteiger partial charge on any atom is -0.456 e. The van der Waals surface area contributed by atoms with Crippen molar-refractivity contribution in [2.24, 2.45) is 0 Å². The zero-order valence-electron chi connectivity index (χ0n) is 17.2. The minimum absolute atomic E-state index is 0.0156. The predicted molar refractivity (Wildman–Crippen MR) is 131 cm³/mol. The molecule has 8 heteroatoms. The van der Waals surface area contributed by atoms with E-state index in [0.717, 1.165) is 29.9 Å².